The maximum Gasteiger partial charge on any atom is 0.257 e. The number of aryl methyl sites for hydroxylation is 2. The van der Waals surface area contributed by atoms with Gasteiger partial charge in [0.15, 0.2) is 11.6 Å². The number of benzene rings is 1. The monoisotopic (exact) mass is 320 g/mol. The molecule has 5 nitrogen and oxygen atoms in total. The molecule has 0 aliphatic carbocycles. The fraction of sp³-hybridized carbons (Fsp3) is 0.250. The molecule has 0 unspecified atom stereocenters. The zero-order chi connectivity index (χ0) is 16.8. The second-order valence-electron chi connectivity index (χ2n) is 4.60. The lowest BCUT2D eigenvalue weighted by Gasteiger charge is -2.03. The molecule has 1 aromatic carbocycles. The summed E-state index contributed by atoms with van der Waals surface area (Å²) in [6.07, 6.45) is 0. The van der Waals surface area contributed by atoms with Gasteiger partial charge in [-0.2, -0.15) is 0 Å². The van der Waals surface area contributed by atoms with Gasteiger partial charge in [0.2, 0.25) is 0 Å². The first-order valence-corrected chi connectivity index (χ1v) is 6.73. The summed E-state index contributed by atoms with van der Waals surface area (Å²) in [5.74, 6) is 3.83. The maximum absolute atomic E-state index is 13.3. The van der Waals surface area contributed by atoms with Crippen molar-refractivity contribution in [3.8, 4) is 17.6 Å². The molecule has 0 bridgehead atoms. The lowest BCUT2D eigenvalue weighted by Crippen LogP contribution is -2.24. The lowest BCUT2D eigenvalue weighted by molar-refractivity contribution is 0.0956. The number of carbonyl (C=O) groups excluding carboxylic acids is 1. The molecule has 1 heterocycles. The van der Waals surface area contributed by atoms with Crippen molar-refractivity contribution in [1.82, 2.24) is 10.5 Å². The Bertz CT molecular complexity index is 756. The van der Waals surface area contributed by atoms with Gasteiger partial charge in [0.25, 0.3) is 5.91 Å². The van der Waals surface area contributed by atoms with E-state index in [0.29, 0.717) is 17.0 Å². The van der Waals surface area contributed by atoms with Gasteiger partial charge in [0.1, 0.15) is 23.7 Å². The zero-order valence-corrected chi connectivity index (χ0v) is 12.6. The Balaban J connectivity index is 1.79. The lowest BCUT2D eigenvalue weighted by atomic mass is 10.2. The summed E-state index contributed by atoms with van der Waals surface area (Å²) in [7, 11) is 0. The number of carbonyl (C=O) groups is 1. The molecular weight excluding hydrogens is 306 g/mol. The first kappa shape index (κ1) is 16.5. The Labute approximate surface area is 131 Å². The Kier molecular flexibility index (Phi) is 5.31. The Morgan fingerprint density at radius 3 is 2.78 bits per heavy atom. The van der Waals surface area contributed by atoms with Crippen molar-refractivity contribution >= 4 is 5.91 Å². The molecule has 0 atom stereocenters. The Morgan fingerprint density at radius 1 is 1.35 bits per heavy atom. The van der Waals surface area contributed by atoms with Crippen molar-refractivity contribution in [1.29, 1.82) is 0 Å². The van der Waals surface area contributed by atoms with Crippen LogP contribution in [0.25, 0.3) is 0 Å². The zero-order valence-electron chi connectivity index (χ0n) is 12.6. The van der Waals surface area contributed by atoms with Gasteiger partial charge in [-0.15, -0.1) is 0 Å². The number of aromatic nitrogens is 1. The summed E-state index contributed by atoms with van der Waals surface area (Å²) >= 11 is 0. The van der Waals surface area contributed by atoms with E-state index < -0.39 is 11.6 Å². The van der Waals surface area contributed by atoms with Crippen LogP contribution in [0.4, 0.5) is 8.78 Å². The van der Waals surface area contributed by atoms with E-state index in [4.69, 9.17) is 9.26 Å². The predicted octanol–water partition coefficient (Wildman–Crippen LogP) is 2.38. The Hall–Kier alpha value is -2.88. The van der Waals surface area contributed by atoms with E-state index in [1.165, 1.54) is 6.07 Å². The van der Waals surface area contributed by atoms with E-state index >= 15 is 0 Å². The van der Waals surface area contributed by atoms with Gasteiger partial charge in [0.05, 0.1) is 12.2 Å². The summed E-state index contributed by atoms with van der Waals surface area (Å²) in [6.45, 7) is 3.33. The van der Waals surface area contributed by atoms with Gasteiger partial charge in [-0.3, -0.25) is 4.79 Å². The van der Waals surface area contributed by atoms with Crippen molar-refractivity contribution in [2.45, 2.75) is 13.8 Å². The van der Waals surface area contributed by atoms with E-state index in [2.05, 4.69) is 22.3 Å². The van der Waals surface area contributed by atoms with Crippen LogP contribution in [-0.2, 0) is 0 Å². The summed E-state index contributed by atoms with van der Waals surface area (Å²) < 4.78 is 35.9. The highest BCUT2D eigenvalue weighted by atomic mass is 19.1. The maximum atomic E-state index is 13.3. The minimum atomic E-state index is -0.793. The average Bonchev–Trinajstić information content (AvgIpc) is 2.83. The third kappa shape index (κ3) is 4.30. The van der Waals surface area contributed by atoms with Crippen LogP contribution >= 0.6 is 0 Å². The van der Waals surface area contributed by atoms with E-state index in [-0.39, 0.29) is 24.8 Å². The molecule has 0 aliphatic heterocycles. The van der Waals surface area contributed by atoms with Crippen LogP contribution in [0.5, 0.6) is 5.75 Å². The summed E-state index contributed by atoms with van der Waals surface area (Å²) in [5, 5.41) is 6.28. The van der Waals surface area contributed by atoms with Crippen molar-refractivity contribution in [2.75, 3.05) is 13.2 Å². The summed E-state index contributed by atoms with van der Waals surface area (Å²) in [5.41, 5.74) is 0.888. The van der Waals surface area contributed by atoms with E-state index in [0.717, 1.165) is 12.1 Å². The topological polar surface area (TPSA) is 64.4 Å². The van der Waals surface area contributed by atoms with Crippen LogP contribution < -0.4 is 10.1 Å². The van der Waals surface area contributed by atoms with Crippen molar-refractivity contribution in [3.63, 3.8) is 0 Å². The van der Waals surface area contributed by atoms with Crippen molar-refractivity contribution in [2.24, 2.45) is 0 Å². The van der Waals surface area contributed by atoms with E-state index in [1.54, 1.807) is 13.8 Å². The minimum absolute atomic E-state index is 0.0796. The van der Waals surface area contributed by atoms with Crippen molar-refractivity contribution < 1.29 is 22.8 Å². The third-order valence-corrected chi connectivity index (χ3v) is 2.92. The molecule has 120 valence electrons. The molecule has 0 radical (unpaired) electrons. The highest BCUT2D eigenvalue weighted by Crippen LogP contribution is 2.17. The molecule has 0 aliphatic rings. The number of hydrogen-bond acceptors (Lipinski definition) is 4. The van der Waals surface area contributed by atoms with Gasteiger partial charge in [-0.1, -0.05) is 17.0 Å². The molecule has 1 amide bonds. The van der Waals surface area contributed by atoms with Crippen LogP contribution in [0.15, 0.2) is 22.7 Å². The third-order valence-electron chi connectivity index (χ3n) is 2.92. The molecule has 2 rings (SSSR count). The number of nitrogens with zero attached hydrogens (tertiary/aromatic N) is 1. The highest BCUT2D eigenvalue weighted by molar-refractivity contribution is 5.96. The second kappa shape index (κ2) is 7.40. The molecule has 2 aromatic rings. The van der Waals surface area contributed by atoms with E-state index in [9.17, 15) is 13.6 Å². The molecule has 0 saturated heterocycles. The van der Waals surface area contributed by atoms with Gasteiger partial charge in [0, 0.05) is 6.07 Å². The second-order valence-corrected chi connectivity index (χ2v) is 4.60. The fourth-order valence-electron chi connectivity index (χ4n) is 1.84. The van der Waals surface area contributed by atoms with Gasteiger partial charge in [-0.05, 0) is 26.0 Å². The number of hydrogen-bond donors (Lipinski definition) is 1. The quantitative estimate of drug-likeness (QED) is 0.879. The largest absolute Gasteiger partial charge is 0.478 e. The molecule has 7 heteroatoms. The molecule has 1 N–H and O–H groups in total. The number of amides is 1. The number of nitrogens with one attached hydrogen (secondary N) is 1. The van der Waals surface area contributed by atoms with Crippen LogP contribution in [0.3, 0.4) is 0 Å². The summed E-state index contributed by atoms with van der Waals surface area (Å²) in [4.78, 5) is 11.9. The smallest absolute Gasteiger partial charge is 0.257 e. The van der Waals surface area contributed by atoms with Gasteiger partial charge < -0.3 is 14.6 Å². The standard InChI is InChI=1S/C16H14F2N2O3/c1-10-15(11(2)23-20-10)16(21)19-7-3-4-8-22-14-6-5-12(17)9-13(14)18/h5-6,9H,7-8H2,1-2H3,(H,19,21). The van der Waals surface area contributed by atoms with Crippen molar-refractivity contribution in [3.05, 3.63) is 46.9 Å². The van der Waals surface area contributed by atoms with Gasteiger partial charge in [-0.25, -0.2) is 8.78 Å². The molecule has 23 heavy (non-hydrogen) atoms. The van der Waals surface area contributed by atoms with Gasteiger partial charge >= 0.3 is 0 Å². The normalized spacial score (nSPS) is 9.91. The first-order valence-electron chi connectivity index (χ1n) is 6.73. The van der Waals surface area contributed by atoms with Crippen LogP contribution in [-0.4, -0.2) is 24.2 Å². The summed E-state index contributed by atoms with van der Waals surface area (Å²) in [6, 6.07) is 3.01. The van der Waals surface area contributed by atoms with E-state index in [1.807, 2.05) is 0 Å². The van der Waals surface area contributed by atoms with Crippen LogP contribution in [0.1, 0.15) is 21.8 Å². The van der Waals surface area contributed by atoms with Crippen LogP contribution in [0, 0.1) is 37.3 Å². The predicted molar refractivity (Wildman–Crippen MR) is 77.9 cm³/mol. The first-order chi connectivity index (χ1) is 11.0. The van der Waals surface area contributed by atoms with Crippen LogP contribution in [0.2, 0.25) is 0 Å². The number of halogens is 2. The molecule has 0 fully saturated rings. The molecular formula is C16H14F2N2O3. The molecule has 0 spiro atoms. The average molecular weight is 320 g/mol. The highest BCUT2D eigenvalue weighted by Gasteiger charge is 2.16. The SMILES string of the molecule is Cc1noc(C)c1C(=O)NCC#CCOc1ccc(F)cc1F. The number of ether oxygens (including phenoxy) is 1. The minimum Gasteiger partial charge on any atom is -0.478 e. The number of rotatable bonds is 4. The molecule has 0 saturated carbocycles. The fourth-order valence-corrected chi connectivity index (χ4v) is 1.84. The molecule has 1 aromatic heterocycles. The Morgan fingerprint density at radius 2 is 2.13 bits per heavy atom.